The Bertz CT molecular complexity index is 905. The topological polar surface area (TPSA) is 89.9 Å². The van der Waals surface area contributed by atoms with E-state index in [2.05, 4.69) is 22.2 Å². The monoisotopic (exact) mass is 349 g/mol. The Morgan fingerprint density at radius 1 is 0.909 bits per heavy atom. The predicted molar refractivity (Wildman–Crippen MR) is 87.2 cm³/mol. The minimum atomic E-state index is -1.78. The van der Waals surface area contributed by atoms with E-state index in [4.69, 9.17) is 4.18 Å². The smallest absolute Gasteiger partial charge is 0.316 e. The van der Waals surface area contributed by atoms with Crippen LogP contribution < -0.4 is 8.91 Å². The molecule has 10 heteroatoms. The Kier molecular flexibility index (Phi) is 3.41. The van der Waals surface area contributed by atoms with Gasteiger partial charge in [-0.3, -0.25) is 4.72 Å². The Labute approximate surface area is 135 Å². The van der Waals surface area contributed by atoms with Gasteiger partial charge < -0.3 is 4.18 Å². The molecule has 0 fully saturated rings. The molecule has 4 aromatic rings. The molecule has 7 nitrogen and oxygen atoms in total. The van der Waals surface area contributed by atoms with E-state index in [0.29, 0.717) is 28.0 Å². The van der Waals surface area contributed by atoms with Gasteiger partial charge in [-0.05, 0) is 24.3 Å². The van der Waals surface area contributed by atoms with E-state index in [1.54, 1.807) is 18.2 Å². The first kappa shape index (κ1) is 13.5. The summed E-state index contributed by atoms with van der Waals surface area (Å²) in [5, 5.41) is 0. The lowest BCUT2D eigenvalue weighted by Gasteiger charge is -2.07. The minimum absolute atomic E-state index is 0.417. The molecule has 1 unspecified atom stereocenters. The van der Waals surface area contributed by atoms with E-state index in [0.717, 1.165) is 29.0 Å². The van der Waals surface area contributed by atoms with E-state index in [1.807, 2.05) is 18.2 Å². The maximum atomic E-state index is 12.2. The third kappa shape index (κ3) is 2.40. The van der Waals surface area contributed by atoms with Crippen molar-refractivity contribution >= 4 is 62.5 Å². The highest BCUT2D eigenvalue weighted by atomic mass is 32.2. The fourth-order valence-corrected chi connectivity index (χ4v) is 3.70. The highest BCUT2D eigenvalue weighted by Gasteiger charge is 2.12. The molecule has 2 aromatic carbocycles. The summed E-state index contributed by atoms with van der Waals surface area (Å²) in [6, 6.07) is 10.7. The molecule has 0 amide bonds. The maximum absolute atomic E-state index is 12.2. The zero-order chi connectivity index (χ0) is 14.9. The zero-order valence-electron chi connectivity index (χ0n) is 10.8. The fraction of sp³-hybridized carbons (Fsp3) is 0. The quantitative estimate of drug-likeness (QED) is 0.609. The van der Waals surface area contributed by atoms with Crippen molar-refractivity contribution in [2.45, 2.75) is 0 Å². The number of anilines is 1. The first-order valence-corrected chi connectivity index (χ1v) is 8.64. The summed E-state index contributed by atoms with van der Waals surface area (Å²) >= 11 is 0.411. The number of hydrogen-bond acceptors (Lipinski definition) is 8. The second-order valence-corrected chi connectivity index (χ2v) is 6.14. The second-order valence-electron chi connectivity index (χ2n) is 4.25. The first-order chi connectivity index (χ1) is 10.8. The van der Waals surface area contributed by atoms with Crippen LogP contribution in [0.3, 0.4) is 0 Å². The molecule has 0 saturated heterocycles. The Balaban J connectivity index is 1.60. The van der Waals surface area contributed by atoms with Crippen LogP contribution in [-0.2, 0) is 11.3 Å². The van der Waals surface area contributed by atoms with Gasteiger partial charge in [0.1, 0.15) is 22.1 Å². The maximum Gasteiger partial charge on any atom is 0.316 e. The number of hydrogen-bond donors (Lipinski definition) is 1. The number of nitrogens with one attached hydrogen (secondary N) is 1. The SMILES string of the molecule is O=S(Nc1cccc2nsnc12)Oc1cccc2nsnc12. The highest BCUT2D eigenvalue weighted by molar-refractivity contribution is 7.82. The van der Waals surface area contributed by atoms with Gasteiger partial charge in [-0.15, -0.1) is 0 Å². The van der Waals surface area contributed by atoms with E-state index in [9.17, 15) is 4.21 Å². The fourth-order valence-electron chi connectivity index (χ4n) is 1.93. The molecular formula is C12H7N5O2S3. The van der Waals surface area contributed by atoms with Crippen molar-refractivity contribution in [2.24, 2.45) is 0 Å². The standard InChI is InChI=1S/C12H7N5O2S3/c18-22(17-9-5-1-3-7-11(9)15-20-13-7)19-10-6-2-4-8-12(10)16-21-14-8/h1-6,17H. The van der Waals surface area contributed by atoms with Gasteiger partial charge in [0.25, 0.3) is 0 Å². The van der Waals surface area contributed by atoms with Crippen molar-refractivity contribution in [1.82, 2.24) is 17.5 Å². The molecule has 0 saturated carbocycles. The van der Waals surface area contributed by atoms with E-state index >= 15 is 0 Å². The summed E-state index contributed by atoms with van der Waals surface area (Å²) in [6.45, 7) is 0. The predicted octanol–water partition coefficient (Wildman–Crippen LogP) is 2.77. The van der Waals surface area contributed by atoms with Gasteiger partial charge in [0.15, 0.2) is 5.75 Å². The molecule has 0 radical (unpaired) electrons. The van der Waals surface area contributed by atoms with Crippen LogP contribution in [0.4, 0.5) is 5.69 Å². The lowest BCUT2D eigenvalue weighted by atomic mass is 10.3. The number of fused-ring (bicyclic) bond motifs is 2. The van der Waals surface area contributed by atoms with Crippen LogP contribution in [0.1, 0.15) is 0 Å². The number of nitrogens with zero attached hydrogens (tertiary/aromatic N) is 4. The van der Waals surface area contributed by atoms with Gasteiger partial charge in [-0.25, -0.2) is 0 Å². The van der Waals surface area contributed by atoms with Crippen molar-refractivity contribution in [3.63, 3.8) is 0 Å². The molecule has 2 aromatic heterocycles. The average Bonchev–Trinajstić information content (AvgIpc) is 3.16. The molecule has 110 valence electrons. The summed E-state index contributed by atoms with van der Waals surface area (Å²) in [4.78, 5) is 0. The van der Waals surface area contributed by atoms with E-state index in [-0.39, 0.29) is 0 Å². The van der Waals surface area contributed by atoms with Gasteiger partial charge in [-0.1, -0.05) is 12.1 Å². The summed E-state index contributed by atoms with van der Waals surface area (Å²) in [7, 11) is 0. The van der Waals surface area contributed by atoms with Crippen LogP contribution in [0.15, 0.2) is 36.4 Å². The third-order valence-electron chi connectivity index (χ3n) is 2.89. The Hall–Kier alpha value is -2.17. The summed E-state index contributed by atoms with van der Waals surface area (Å²) in [5.74, 6) is 0.417. The summed E-state index contributed by atoms with van der Waals surface area (Å²) < 4.78 is 37.0. The van der Waals surface area contributed by atoms with E-state index in [1.165, 1.54) is 0 Å². The normalized spacial score (nSPS) is 12.5. The molecule has 0 aliphatic heterocycles. The lowest BCUT2D eigenvalue weighted by molar-refractivity contribution is 0.571. The van der Waals surface area contributed by atoms with Crippen molar-refractivity contribution in [1.29, 1.82) is 0 Å². The number of benzene rings is 2. The largest absolute Gasteiger partial charge is 0.383 e. The number of rotatable bonds is 4. The average molecular weight is 349 g/mol. The Morgan fingerprint density at radius 3 is 2.41 bits per heavy atom. The lowest BCUT2D eigenvalue weighted by Crippen LogP contribution is -2.11. The van der Waals surface area contributed by atoms with Gasteiger partial charge in [0, 0.05) is 0 Å². The molecule has 22 heavy (non-hydrogen) atoms. The van der Waals surface area contributed by atoms with Crippen molar-refractivity contribution in [3.05, 3.63) is 36.4 Å². The van der Waals surface area contributed by atoms with Crippen LogP contribution in [0.25, 0.3) is 22.1 Å². The van der Waals surface area contributed by atoms with Crippen LogP contribution in [0.2, 0.25) is 0 Å². The van der Waals surface area contributed by atoms with Crippen LogP contribution in [0.5, 0.6) is 5.75 Å². The van der Waals surface area contributed by atoms with Gasteiger partial charge >= 0.3 is 11.3 Å². The third-order valence-corrected chi connectivity index (χ3v) is 4.70. The Morgan fingerprint density at radius 2 is 1.59 bits per heavy atom. The van der Waals surface area contributed by atoms with Crippen LogP contribution in [0, 0.1) is 0 Å². The molecular weight excluding hydrogens is 342 g/mol. The van der Waals surface area contributed by atoms with Crippen molar-refractivity contribution < 1.29 is 8.39 Å². The summed E-state index contributed by atoms with van der Waals surface area (Å²) in [6.07, 6.45) is 0. The highest BCUT2D eigenvalue weighted by Crippen LogP contribution is 2.26. The molecule has 0 aliphatic rings. The molecule has 0 spiro atoms. The first-order valence-electron chi connectivity index (χ1n) is 6.10. The van der Waals surface area contributed by atoms with Gasteiger partial charge in [-0.2, -0.15) is 21.7 Å². The molecule has 2 heterocycles. The molecule has 0 bridgehead atoms. The van der Waals surface area contributed by atoms with E-state index < -0.39 is 11.3 Å². The molecule has 0 aliphatic carbocycles. The molecule has 1 atom stereocenters. The number of aromatic nitrogens is 4. The minimum Gasteiger partial charge on any atom is -0.383 e. The van der Waals surface area contributed by atoms with Gasteiger partial charge in [0.2, 0.25) is 0 Å². The second kappa shape index (κ2) is 5.55. The van der Waals surface area contributed by atoms with Crippen LogP contribution in [-0.4, -0.2) is 21.7 Å². The zero-order valence-corrected chi connectivity index (χ0v) is 13.2. The molecule has 4 rings (SSSR count). The van der Waals surface area contributed by atoms with Gasteiger partial charge in [0.05, 0.1) is 29.1 Å². The van der Waals surface area contributed by atoms with Crippen molar-refractivity contribution in [2.75, 3.05) is 4.72 Å². The summed E-state index contributed by atoms with van der Waals surface area (Å²) in [5.41, 5.74) is 3.32. The van der Waals surface area contributed by atoms with Crippen LogP contribution >= 0.6 is 23.5 Å². The van der Waals surface area contributed by atoms with Crippen molar-refractivity contribution in [3.8, 4) is 5.75 Å². The molecule has 1 N–H and O–H groups in total.